The van der Waals surface area contributed by atoms with Crippen molar-refractivity contribution in [2.45, 2.75) is 4.90 Å². The minimum absolute atomic E-state index is 0.175. The molecule has 1 N–H and O–H groups in total. The van der Waals surface area contributed by atoms with E-state index < -0.39 is 0 Å². The highest BCUT2D eigenvalue weighted by Gasteiger charge is 2.25. The molecule has 4 rings (SSSR count). The van der Waals surface area contributed by atoms with Gasteiger partial charge in [0.15, 0.2) is 0 Å². The first-order valence-corrected chi connectivity index (χ1v) is 8.91. The highest BCUT2D eigenvalue weighted by atomic mass is 32.2. The summed E-state index contributed by atoms with van der Waals surface area (Å²) < 4.78 is 0. The molecule has 5 heteroatoms. The largest absolute Gasteiger partial charge is 0.382 e. The third-order valence-corrected chi connectivity index (χ3v) is 5.34. The Morgan fingerprint density at radius 2 is 1.83 bits per heavy atom. The van der Waals surface area contributed by atoms with Crippen molar-refractivity contribution in [3.63, 3.8) is 0 Å². The van der Waals surface area contributed by atoms with Crippen molar-refractivity contribution in [1.82, 2.24) is 0 Å². The third kappa shape index (κ3) is 2.77. The lowest BCUT2D eigenvalue weighted by Gasteiger charge is -2.35. The summed E-state index contributed by atoms with van der Waals surface area (Å²) in [4.78, 5) is 18.2. The van der Waals surface area contributed by atoms with Gasteiger partial charge in [0.1, 0.15) is 0 Å². The van der Waals surface area contributed by atoms with Crippen LogP contribution in [0, 0.1) is 0 Å². The minimum atomic E-state index is 0.175. The summed E-state index contributed by atoms with van der Waals surface area (Å²) in [5.74, 6) is 1.13. The molecule has 0 fully saturated rings. The van der Waals surface area contributed by atoms with Gasteiger partial charge in [-0.05, 0) is 24.3 Å². The van der Waals surface area contributed by atoms with Crippen LogP contribution >= 0.6 is 11.8 Å². The first-order chi connectivity index (χ1) is 11.3. The summed E-state index contributed by atoms with van der Waals surface area (Å²) in [6.45, 7) is 2.94. The summed E-state index contributed by atoms with van der Waals surface area (Å²) in [6, 6.07) is 16.4. The molecule has 1 amide bonds. The number of nitrogens with zero attached hydrogens (tertiary/aromatic N) is 2. The summed E-state index contributed by atoms with van der Waals surface area (Å²) in [7, 11) is 0. The number of nitrogens with one attached hydrogen (secondary N) is 1. The topological polar surface area (TPSA) is 35.6 Å². The number of benzene rings is 2. The van der Waals surface area contributed by atoms with Crippen LogP contribution in [0.3, 0.4) is 0 Å². The lowest BCUT2D eigenvalue weighted by Crippen LogP contribution is -2.45. The fourth-order valence-electron chi connectivity index (χ4n) is 3.19. The number of para-hydroxylation sites is 3. The Labute approximate surface area is 140 Å². The van der Waals surface area contributed by atoms with Gasteiger partial charge < -0.3 is 15.1 Å². The van der Waals surface area contributed by atoms with Gasteiger partial charge in [0.2, 0.25) is 5.91 Å². The summed E-state index contributed by atoms with van der Waals surface area (Å²) in [6.07, 6.45) is 0. The molecule has 2 aromatic carbocycles. The second-order valence-electron chi connectivity index (χ2n) is 5.73. The van der Waals surface area contributed by atoms with E-state index in [1.807, 2.05) is 47.0 Å². The van der Waals surface area contributed by atoms with Crippen LogP contribution in [0.25, 0.3) is 0 Å². The lowest BCUT2D eigenvalue weighted by molar-refractivity contribution is -0.117. The van der Waals surface area contributed by atoms with Crippen molar-refractivity contribution >= 4 is 34.7 Å². The molecule has 0 saturated carbocycles. The molecule has 0 atom stereocenters. The predicted molar refractivity (Wildman–Crippen MR) is 96.7 cm³/mol. The van der Waals surface area contributed by atoms with Crippen LogP contribution in [-0.2, 0) is 4.79 Å². The quantitative estimate of drug-likeness (QED) is 0.920. The van der Waals surface area contributed by atoms with Gasteiger partial charge in [0, 0.05) is 30.3 Å². The number of amides is 1. The van der Waals surface area contributed by atoms with Crippen LogP contribution < -0.4 is 15.1 Å². The molecule has 0 bridgehead atoms. The smallest absolute Gasteiger partial charge is 0.246 e. The molecule has 23 heavy (non-hydrogen) atoms. The zero-order chi connectivity index (χ0) is 15.6. The number of anilines is 3. The van der Waals surface area contributed by atoms with Gasteiger partial charge in [0.05, 0.1) is 23.6 Å². The lowest BCUT2D eigenvalue weighted by atomic mass is 10.2. The number of fused-ring (bicyclic) bond motifs is 2. The van der Waals surface area contributed by atoms with E-state index >= 15 is 0 Å². The molecular weight excluding hydrogens is 306 g/mol. The Hall–Kier alpha value is -2.14. The summed E-state index contributed by atoms with van der Waals surface area (Å²) in [5, 5.41) is 3.39. The Balaban J connectivity index is 1.56. The number of hydrogen-bond acceptors (Lipinski definition) is 4. The number of thioether (sulfide) groups is 1. The Morgan fingerprint density at radius 3 is 2.74 bits per heavy atom. The second-order valence-corrected chi connectivity index (χ2v) is 6.86. The summed E-state index contributed by atoms with van der Waals surface area (Å²) >= 11 is 1.83. The average molecular weight is 325 g/mol. The van der Waals surface area contributed by atoms with Crippen LogP contribution in [0.5, 0.6) is 0 Å². The molecule has 0 radical (unpaired) electrons. The van der Waals surface area contributed by atoms with E-state index in [-0.39, 0.29) is 5.91 Å². The van der Waals surface area contributed by atoms with Crippen molar-refractivity contribution in [2.75, 3.05) is 47.0 Å². The van der Waals surface area contributed by atoms with Crippen LogP contribution in [0.2, 0.25) is 0 Å². The Morgan fingerprint density at radius 1 is 1.04 bits per heavy atom. The maximum Gasteiger partial charge on any atom is 0.246 e. The zero-order valence-corrected chi connectivity index (χ0v) is 13.7. The second kappa shape index (κ2) is 6.16. The van der Waals surface area contributed by atoms with Crippen LogP contribution in [0.4, 0.5) is 17.1 Å². The number of carbonyl (C=O) groups excluding carboxylic acids is 1. The fraction of sp³-hybridized carbons (Fsp3) is 0.278. The van der Waals surface area contributed by atoms with Gasteiger partial charge in [-0.15, -0.1) is 11.8 Å². The van der Waals surface area contributed by atoms with E-state index in [0.29, 0.717) is 6.54 Å². The van der Waals surface area contributed by atoms with Crippen LogP contribution in [0.1, 0.15) is 0 Å². The highest BCUT2D eigenvalue weighted by molar-refractivity contribution is 7.99. The molecule has 0 aromatic heterocycles. The van der Waals surface area contributed by atoms with Gasteiger partial charge >= 0.3 is 0 Å². The number of carbonyl (C=O) groups is 1. The van der Waals surface area contributed by atoms with Crippen molar-refractivity contribution in [3.8, 4) is 0 Å². The first kappa shape index (κ1) is 14.5. The molecule has 0 unspecified atom stereocenters. The average Bonchev–Trinajstić information content (AvgIpc) is 2.61. The third-order valence-electron chi connectivity index (χ3n) is 4.30. The standard InChI is InChI=1S/C18H19N3OS/c22-18(21-11-12-23-17-8-4-3-7-16(17)21)13-20-10-9-19-14-5-1-2-6-15(14)20/h1-8,19H,9-13H2. The van der Waals surface area contributed by atoms with Crippen molar-refractivity contribution in [3.05, 3.63) is 48.5 Å². The fourth-order valence-corrected chi connectivity index (χ4v) is 4.18. The molecule has 2 heterocycles. The molecule has 2 aliphatic rings. The monoisotopic (exact) mass is 325 g/mol. The molecule has 0 saturated heterocycles. The molecular formula is C18H19N3OS. The number of rotatable bonds is 2. The molecule has 4 nitrogen and oxygen atoms in total. The molecule has 0 spiro atoms. The Bertz CT molecular complexity index is 734. The van der Waals surface area contributed by atoms with E-state index in [1.54, 1.807) is 0 Å². The van der Waals surface area contributed by atoms with Crippen LogP contribution in [0.15, 0.2) is 53.4 Å². The number of hydrogen-bond donors (Lipinski definition) is 1. The van der Waals surface area contributed by atoms with Crippen molar-refractivity contribution < 1.29 is 4.79 Å². The van der Waals surface area contributed by atoms with Gasteiger partial charge in [0.25, 0.3) is 0 Å². The zero-order valence-electron chi connectivity index (χ0n) is 12.9. The Kier molecular flexibility index (Phi) is 3.87. The van der Waals surface area contributed by atoms with E-state index in [9.17, 15) is 4.79 Å². The molecule has 118 valence electrons. The van der Waals surface area contributed by atoms with Crippen molar-refractivity contribution in [1.29, 1.82) is 0 Å². The van der Waals surface area contributed by atoms with Gasteiger partial charge in [-0.3, -0.25) is 4.79 Å². The SMILES string of the molecule is O=C(CN1CCNc2ccccc21)N1CCSc2ccccc21. The summed E-state index contributed by atoms with van der Waals surface area (Å²) in [5.41, 5.74) is 3.28. The minimum Gasteiger partial charge on any atom is -0.382 e. The normalized spacial score (nSPS) is 16.3. The van der Waals surface area contributed by atoms with Gasteiger partial charge in [-0.2, -0.15) is 0 Å². The van der Waals surface area contributed by atoms with E-state index in [1.165, 1.54) is 4.90 Å². The van der Waals surface area contributed by atoms with Gasteiger partial charge in [-0.25, -0.2) is 0 Å². The van der Waals surface area contributed by atoms with Crippen LogP contribution in [-0.4, -0.2) is 37.8 Å². The maximum atomic E-state index is 12.9. The molecule has 2 aliphatic heterocycles. The van der Waals surface area contributed by atoms with Crippen molar-refractivity contribution in [2.24, 2.45) is 0 Å². The molecule has 2 aromatic rings. The van der Waals surface area contributed by atoms with Gasteiger partial charge in [-0.1, -0.05) is 24.3 Å². The highest BCUT2D eigenvalue weighted by Crippen LogP contribution is 2.35. The van der Waals surface area contributed by atoms with E-state index in [4.69, 9.17) is 0 Å². The maximum absolute atomic E-state index is 12.9. The van der Waals surface area contributed by atoms with E-state index in [0.717, 1.165) is 42.4 Å². The predicted octanol–water partition coefficient (Wildman–Crippen LogP) is 3.06. The van der Waals surface area contributed by atoms with E-state index in [2.05, 4.69) is 28.4 Å². The first-order valence-electron chi connectivity index (χ1n) is 7.93. The molecule has 0 aliphatic carbocycles.